The molecule has 1 aromatic rings. The predicted molar refractivity (Wildman–Crippen MR) is 98.4 cm³/mol. The highest BCUT2D eigenvalue weighted by Crippen LogP contribution is 2.36. The largest absolute Gasteiger partial charge is 0.493 e. The van der Waals surface area contributed by atoms with Crippen molar-refractivity contribution in [2.24, 2.45) is 0 Å². The van der Waals surface area contributed by atoms with Gasteiger partial charge >= 0.3 is 12.0 Å². The lowest BCUT2D eigenvalue weighted by Crippen LogP contribution is -2.44. The number of benzene rings is 1. The van der Waals surface area contributed by atoms with Gasteiger partial charge in [-0.1, -0.05) is 24.4 Å². The van der Waals surface area contributed by atoms with Crippen molar-refractivity contribution in [3.8, 4) is 11.5 Å². The van der Waals surface area contributed by atoms with Gasteiger partial charge in [-0.15, -0.1) is 0 Å². The molecule has 0 aromatic heterocycles. The van der Waals surface area contributed by atoms with Crippen LogP contribution in [-0.2, 0) is 9.53 Å². The molecule has 0 aliphatic heterocycles. The van der Waals surface area contributed by atoms with Crippen LogP contribution in [0.4, 0.5) is 4.79 Å². The zero-order valence-electron chi connectivity index (χ0n) is 15.3. The van der Waals surface area contributed by atoms with Gasteiger partial charge in [0.25, 0.3) is 5.91 Å². The van der Waals surface area contributed by atoms with E-state index in [2.05, 4.69) is 10.6 Å². The number of hydrogen-bond donors (Lipinski definition) is 2. The number of amides is 3. The minimum atomic E-state index is -0.774. The van der Waals surface area contributed by atoms with Crippen molar-refractivity contribution in [2.45, 2.75) is 38.6 Å². The Morgan fingerprint density at radius 1 is 1.22 bits per heavy atom. The summed E-state index contributed by atoms with van der Waals surface area (Å²) in [4.78, 5) is 35.6. The average molecular weight is 399 g/mol. The first-order valence-electron chi connectivity index (χ1n) is 8.72. The van der Waals surface area contributed by atoms with Crippen LogP contribution in [0.3, 0.4) is 0 Å². The maximum absolute atomic E-state index is 12.1. The smallest absolute Gasteiger partial charge is 0.338 e. The number of halogens is 1. The normalized spacial score (nSPS) is 13.7. The second-order valence-corrected chi connectivity index (χ2v) is 6.41. The van der Waals surface area contributed by atoms with Gasteiger partial charge in [-0.25, -0.2) is 9.59 Å². The molecule has 8 nitrogen and oxygen atoms in total. The molecule has 0 spiro atoms. The van der Waals surface area contributed by atoms with Gasteiger partial charge in [0.05, 0.1) is 24.3 Å². The molecule has 1 aromatic carbocycles. The van der Waals surface area contributed by atoms with Crippen LogP contribution in [0, 0.1) is 0 Å². The number of imide groups is 1. The topological polar surface area (TPSA) is 103 Å². The summed E-state index contributed by atoms with van der Waals surface area (Å²) in [5.74, 6) is -0.899. The van der Waals surface area contributed by atoms with Gasteiger partial charge in [0, 0.05) is 6.04 Å². The van der Waals surface area contributed by atoms with Crippen molar-refractivity contribution in [2.75, 3.05) is 20.3 Å². The molecule has 148 valence electrons. The van der Waals surface area contributed by atoms with E-state index in [1.807, 2.05) is 0 Å². The first kappa shape index (κ1) is 20.8. The van der Waals surface area contributed by atoms with E-state index in [1.54, 1.807) is 6.92 Å². The van der Waals surface area contributed by atoms with Crippen LogP contribution in [0.5, 0.6) is 11.5 Å². The second-order valence-electron chi connectivity index (χ2n) is 6.00. The number of ether oxygens (including phenoxy) is 3. The lowest BCUT2D eigenvalue weighted by atomic mass is 10.2. The number of rotatable bonds is 7. The molecule has 3 amide bonds. The molecule has 0 atom stereocenters. The second kappa shape index (κ2) is 10.0. The molecule has 1 saturated carbocycles. The first-order valence-corrected chi connectivity index (χ1v) is 9.10. The summed E-state index contributed by atoms with van der Waals surface area (Å²) in [5.41, 5.74) is 0.100. The van der Waals surface area contributed by atoms with Gasteiger partial charge in [0.2, 0.25) is 0 Å². The van der Waals surface area contributed by atoms with Crippen molar-refractivity contribution in [1.29, 1.82) is 0 Å². The number of esters is 1. The molecule has 1 fully saturated rings. The lowest BCUT2D eigenvalue weighted by Gasteiger charge is -2.13. The highest BCUT2D eigenvalue weighted by atomic mass is 35.5. The number of carbonyl (C=O) groups excluding carboxylic acids is 3. The zero-order valence-corrected chi connectivity index (χ0v) is 16.1. The highest BCUT2D eigenvalue weighted by molar-refractivity contribution is 6.32. The summed E-state index contributed by atoms with van der Waals surface area (Å²) in [5, 5.41) is 5.03. The van der Waals surface area contributed by atoms with E-state index >= 15 is 0 Å². The molecular formula is C18H23ClN2O6. The number of nitrogens with one attached hydrogen (secondary N) is 2. The van der Waals surface area contributed by atoms with Crippen molar-refractivity contribution in [3.63, 3.8) is 0 Å². The Bertz CT molecular complexity index is 703. The minimum Gasteiger partial charge on any atom is -0.493 e. The number of methoxy groups -OCH3 is 1. The Kier molecular flexibility index (Phi) is 7.72. The molecule has 0 heterocycles. The molecule has 1 aliphatic carbocycles. The molecule has 0 radical (unpaired) electrons. The van der Waals surface area contributed by atoms with E-state index in [0.29, 0.717) is 12.4 Å². The quantitative estimate of drug-likeness (QED) is 0.684. The Morgan fingerprint density at radius 3 is 2.56 bits per heavy atom. The van der Waals surface area contributed by atoms with Crippen molar-refractivity contribution in [3.05, 3.63) is 22.7 Å². The van der Waals surface area contributed by atoms with Crippen molar-refractivity contribution >= 4 is 29.5 Å². The van der Waals surface area contributed by atoms with Crippen LogP contribution in [0.1, 0.15) is 43.0 Å². The standard InChI is InChI=1S/C18H23ClN2O6/c1-3-26-16-13(19)8-11(9-14(16)25-2)17(23)27-10-15(22)21-18(24)20-12-6-4-5-7-12/h8-9,12H,3-7,10H2,1-2H3,(H2,20,21,22,24). The highest BCUT2D eigenvalue weighted by Gasteiger charge is 2.20. The molecule has 27 heavy (non-hydrogen) atoms. The summed E-state index contributed by atoms with van der Waals surface area (Å²) in [6.07, 6.45) is 3.92. The molecule has 0 saturated heterocycles. The summed E-state index contributed by atoms with van der Waals surface area (Å²) in [6, 6.07) is 2.26. The van der Waals surface area contributed by atoms with Crippen LogP contribution in [0.15, 0.2) is 12.1 Å². The van der Waals surface area contributed by atoms with E-state index in [4.69, 9.17) is 25.8 Å². The third-order valence-corrected chi connectivity index (χ3v) is 4.31. The first-order chi connectivity index (χ1) is 12.9. The molecule has 2 N–H and O–H groups in total. The van der Waals surface area contributed by atoms with Crippen LogP contribution >= 0.6 is 11.6 Å². The fourth-order valence-corrected chi connectivity index (χ4v) is 3.06. The fraction of sp³-hybridized carbons (Fsp3) is 0.500. The Labute approximate surface area is 162 Å². The molecule has 1 aliphatic rings. The monoisotopic (exact) mass is 398 g/mol. The maximum Gasteiger partial charge on any atom is 0.338 e. The average Bonchev–Trinajstić information content (AvgIpc) is 3.13. The van der Waals surface area contributed by atoms with Crippen molar-refractivity contribution in [1.82, 2.24) is 10.6 Å². The van der Waals surface area contributed by atoms with E-state index < -0.39 is 24.5 Å². The van der Waals surface area contributed by atoms with Crippen LogP contribution in [0.25, 0.3) is 0 Å². The molecule has 0 unspecified atom stereocenters. The summed E-state index contributed by atoms with van der Waals surface area (Å²) in [6.45, 7) is 1.58. The van der Waals surface area contributed by atoms with Gasteiger partial charge in [0.1, 0.15) is 0 Å². The van der Waals surface area contributed by atoms with E-state index in [0.717, 1.165) is 25.7 Å². The van der Waals surface area contributed by atoms with Gasteiger partial charge in [-0.2, -0.15) is 0 Å². The Morgan fingerprint density at radius 2 is 1.93 bits per heavy atom. The third kappa shape index (κ3) is 6.02. The molecular weight excluding hydrogens is 376 g/mol. The zero-order chi connectivity index (χ0) is 19.8. The fourth-order valence-electron chi connectivity index (χ4n) is 2.79. The van der Waals surface area contributed by atoms with Crippen molar-refractivity contribution < 1.29 is 28.6 Å². The molecule has 0 bridgehead atoms. The Hall–Kier alpha value is -2.48. The Balaban J connectivity index is 1.88. The number of urea groups is 1. The summed E-state index contributed by atoms with van der Waals surface area (Å²) < 4.78 is 15.5. The van der Waals surface area contributed by atoms with Gasteiger partial charge in [0.15, 0.2) is 18.1 Å². The molecule has 9 heteroatoms. The van der Waals surface area contributed by atoms with E-state index in [-0.39, 0.29) is 22.4 Å². The lowest BCUT2D eigenvalue weighted by molar-refractivity contribution is -0.123. The van der Waals surface area contributed by atoms with Crippen LogP contribution in [-0.4, -0.2) is 44.3 Å². The molecule has 2 rings (SSSR count). The summed E-state index contributed by atoms with van der Waals surface area (Å²) in [7, 11) is 1.42. The summed E-state index contributed by atoms with van der Waals surface area (Å²) >= 11 is 6.10. The predicted octanol–water partition coefficient (Wildman–Crippen LogP) is 2.67. The maximum atomic E-state index is 12.1. The van der Waals surface area contributed by atoms with Gasteiger partial charge in [-0.3, -0.25) is 10.1 Å². The van der Waals surface area contributed by atoms with Gasteiger partial charge < -0.3 is 19.5 Å². The number of hydrogen-bond acceptors (Lipinski definition) is 6. The van der Waals surface area contributed by atoms with Crippen LogP contribution in [0.2, 0.25) is 5.02 Å². The third-order valence-electron chi connectivity index (χ3n) is 4.03. The minimum absolute atomic E-state index is 0.0822. The van der Waals surface area contributed by atoms with Crippen LogP contribution < -0.4 is 20.1 Å². The van der Waals surface area contributed by atoms with E-state index in [9.17, 15) is 14.4 Å². The van der Waals surface area contributed by atoms with Gasteiger partial charge in [-0.05, 0) is 31.9 Å². The SMILES string of the molecule is CCOc1c(Cl)cc(C(=O)OCC(=O)NC(=O)NC2CCCC2)cc1OC. The van der Waals surface area contributed by atoms with E-state index in [1.165, 1.54) is 19.2 Å². The number of carbonyl (C=O) groups is 3.